The van der Waals surface area contributed by atoms with Crippen LogP contribution in [0.3, 0.4) is 0 Å². The topological polar surface area (TPSA) is 18.5 Å². The summed E-state index contributed by atoms with van der Waals surface area (Å²) in [6, 6.07) is 5.90. The lowest BCUT2D eigenvalue weighted by atomic mass is 10.1. The van der Waals surface area contributed by atoms with Gasteiger partial charge in [0.25, 0.3) is 0 Å². The van der Waals surface area contributed by atoms with Gasteiger partial charge in [0.05, 0.1) is 0 Å². The van der Waals surface area contributed by atoms with Crippen molar-refractivity contribution in [3.05, 3.63) is 35.9 Å². The molecule has 0 amide bonds. The van der Waals surface area contributed by atoms with Crippen LogP contribution in [0.25, 0.3) is 6.08 Å². The Bertz CT molecular complexity index is 318. The number of ether oxygens (including phenoxy) is 2. The molecule has 1 aromatic rings. The summed E-state index contributed by atoms with van der Waals surface area (Å²) in [7, 11) is 1.62. The molecule has 0 N–H and O–H groups in total. The van der Waals surface area contributed by atoms with Gasteiger partial charge in [0.15, 0.2) is 6.29 Å². The minimum absolute atomic E-state index is 0.240. The van der Waals surface area contributed by atoms with E-state index in [0.717, 1.165) is 16.9 Å². The van der Waals surface area contributed by atoms with E-state index in [1.165, 1.54) is 0 Å². The molecule has 0 fully saturated rings. The quantitative estimate of drug-likeness (QED) is 0.683. The van der Waals surface area contributed by atoms with Crippen molar-refractivity contribution in [2.45, 2.75) is 20.1 Å². The average molecular weight is 192 g/mol. The zero-order valence-electron chi connectivity index (χ0n) is 8.91. The van der Waals surface area contributed by atoms with Gasteiger partial charge in [-0.05, 0) is 25.5 Å². The molecule has 1 aromatic carbocycles. The Hall–Kier alpha value is -1.28. The van der Waals surface area contributed by atoms with Gasteiger partial charge >= 0.3 is 0 Å². The number of aryl methyl sites for hydroxylation is 1. The normalized spacial score (nSPS) is 12.2. The van der Waals surface area contributed by atoms with Crippen LogP contribution in [0.15, 0.2) is 24.8 Å². The van der Waals surface area contributed by atoms with E-state index >= 15 is 0 Å². The number of methoxy groups -OCH3 is 1. The fourth-order valence-corrected chi connectivity index (χ4v) is 1.24. The Morgan fingerprint density at radius 1 is 1.43 bits per heavy atom. The van der Waals surface area contributed by atoms with E-state index in [-0.39, 0.29) is 6.29 Å². The molecule has 0 aliphatic carbocycles. The Morgan fingerprint density at radius 2 is 2.14 bits per heavy atom. The highest BCUT2D eigenvalue weighted by Gasteiger charge is 2.06. The van der Waals surface area contributed by atoms with E-state index in [0.29, 0.717) is 0 Å². The molecule has 0 saturated heterocycles. The molecule has 1 atom stereocenters. The van der Waals surface area contributed by atoms with Gasteiger partial charge in [-0.25, -0.2) is 0 Å². The van der Waals surface area contributed by atoms with Crippen molar-refractivity contribution in [2.24, 2.45) is 0 Å². The molecule has 0 aliphatic rings. The lowest BCUT2D eigenvalue weighted by Gasteiger charge is -2.15. The molecule has 0 heterocycles. The van der Waals surface area contributed by atoms with Crippen LogP contribution in [0.4, 0.5) is 0 Å². The van der Waals surface area contributed by atoms with Crippen molar-refractivity contribution >= 4 is 6.08 Å². The van der Waals surface area contributed by atoms with Gasteiger partial charge in [0.2, 0.25) is 0 Å². The SMILES string of the molecule is C=Cc1c(C)cccc1OC(C)OC. The van der Waals surface area contributed by atoms with Gasteiger partial charge in [0, 0.05) is 12.7 Å². The predicted molar refractivity (Wildman–Crippen MR) is 58.4 cm³/mol. The molecule has 0 bridgehead atoms. The zero-order valence-corrected chi connectivity index (χ0v) is 8.91. The Kier molecular flexibility index (Phi) is 3.72. The van der Waals surface area contributed by atoms with Crippen LogP contribution in [0.2, 0.25) is 0 Å². The maximum Gasteiger partial charge on any atom is 0.196 e. The van der Waals surface area contributed by atoms with Crippen LogP contribution >= 0.6 is 0 Å². The van der Waals surface area contributed by atoms with Crippen molar-refractivity contribution < 1.29 is 9.47 Å². The average Bonchev–Trinajstić information content (AvgIpc) is 2.18. The van der Waals surface area contributed by atoms with E-state index in [4.69, 9.17) is 9.47 Å². The minimum Gasteiger partial charge on any atom is -0.465 e. The van der Waals surface area contributed by atoms with Crippen LogP contribution in [0.5, 0.6) is 5.75 Å². The molecule has 1 rings (SSSR count). The summed E-state index contributed by atoms with van der Waals surface area (Å²) in [5.74, 6) is 0.814. The zero-order chi connectivity index (χ0) is 10.6. The summed E-state index contributed by atoms with van der Waals surface area (Å²) in [5, 5.41) is 0. The first-order chi connectivity index (χ1) is 6.69. The summed E-state index contributed by atoms with van der Waals surface area (Å²) < 4.78 is 10.6. The third-order valence-corrected chi connectivity index (χ3v) is 2.11. The minimum atomic E-state index is -0.240. The van der Waals surface area contributed by atoms with Crippen LogP contribution in [0, 0.1) is 6.92 Å². The largest absolute Gasteiger partial charge is 0.465 e. The van der Waals surface area contributed by atoms with Gasteiger partial charge in [0.1, 0.15) is 5.75 Å². The van der Waals surface area contributed by atoms with E-state index in [1.54, 1.807) is 13.2 Å². The van der Waals surface area contributed by atoms with E-state index in [1.807, 2.05) is 32.0 Å². The van der Waals surface area contributed by atoms with Gasteiger partial charge < -0.3 is 9.47 Å². The third-order valence-electron chi connectivity index (χ3n) is 2.11. The lowest BCUT2D eigenvalue weighted by Crippen LogP contribution is -2.14. The Labute approximate surface area is 85.2 Å². The summed E-state index contributed by atoms with van der Waals surface area (Å²) >= 11 is 0. The molecule has 0 aromatic heterocycles. The first-order valence-electron chi connectivity index (χ1n) is 4.60. The van der Waals surface area contributed by atoms with Gasteiger partial charge in [-0.1, -0.05) is 24.8 Å². The monoisotopic (exact) mass is 192 g/mol. The highest BCUT2D eigenvalue weighted by molar-refractivity contribution is 5.59. The lowest BCUT2D eigenvalue weighted by molar-refractivity contribution is -0.0384. The molecule has 76 valence electrons. The molecule has 0 spiro atoms. The molecule has 0 saturated carbocycles. The van der Waals surface area contributed by atoms with Crippen molar-refractivity contribution in [2.75, 3.05) is 7.11 Å². The van der Waals surface area contributed by atoms with E-state index in [2.05, 4.69) is 6.58 Å². The third kappa shape index (κ3) is 2.36. The van der Waals surface area contributed by atoms with Crippen LogP contribution in [0.1, 0.15) is 18.1 Å². The predicted octanol–water partition coefficient (Wildman–Crippen LogP) is 3.01. The maximum absolute atomic E-state index is 5.57. The fraction of sp³-hybridized carbons (Fsp3) is 0.333. The summed E-state index contributed by atoms with van der Waals surface area (Å²) in [6.45, 7) is 7.65. The second kappa shape index (κ2) is 4.82. The molecule has 2 nitrogen and oxygen atoms in total. The number of benzene rings is 1. The van der Waals surface area contributed by atoms with Crippen molar-refractivity contribution in [1.82, 2.24) is 0 Å². The van der Waals surface area contributed by atoms with Crippen LogP contribution in [-0.4, -0.2) is 13.4 Å². The number of hydrogen-bond donors (Lipinski definition) is 0. The van der Waals surface area contributed by atoms with Crippen LogP contribution in [-0.2, 0) is 4.74 Å². The van der Waals surface area contributed by atoms with Crippen molar-refractivity contribution in [3.63, 3.8) is 0 Å². The first kappa shape index (κ1) is 10.8. The Morgan fingerprint density at radius 3 is 2.71 bits per heavy atom. The maximum atomic E-state index is 5.57. The van der Waals surface area contributed by atoms with Crippen molar-refractivity contribution in [3.8, 4) is 5.75 Å². The highest BCUT2D eigenvalue weighted by atomic mass is 16.7. The van der Waals surface area contributed by atoms with Gasteiger partial charge in [-0.3, -0.25) is 0 Å². The highest BCUT2D eigenvalue weighted by Crippen LogP contribution is 2.24. The van der Waals surface area contributed by atoms with Gasteiger partial charge in [-0.15, -0.1) is 0 Å². The summed E-state index contributed by atoms with van der Waals surface area (Å²) in [4.78, 5) is 0. The smallest absolute Gasteiger partial charge is 0.196 e. The Balaban J connectivity index is 2.96. The second-order valence-electron chi connectivity index (χ2n) is 3.11. The molecule has 2 heteroatoms. The van der Waals surface area contributed by atoms with Crippen LogP contribution < -0.4 is 4.74 Å². The van der Waals surface area contributed by atoms with Crippen molar-refractivity contribution in [1.29, 1.82) is 0 Å². The van der Waals surface area contributed by atoms with E-state index in [9.17, 15) is 0 Å². The number of hydrogen-bond acceptors (Lipinski definition) is 2. The molecular formula is C12H16O2. The molecular weight excluding hydrogens is 176 g/mol. The second-order valence-corrected chi connectivity index (χ2v) is 3.11. The molecule has 0 aliphatic heterocycles. The molecule has 1 unspecified atom stereocenters. The standard InChI is InChI=1S/C12H16O2/c1-5-11-9(2)7-6-8-12(11)14-10(3)13-4/h5-8,10H,1H2,2-4H3. The summed E-state index contributed by atoms with van der Waals surface area (Å²) in [6.07, 6.45) is 1.56. The van der Waals surface area contributed by atoms with Gasteiger partial charge in [-0.2, -0.15) is 0 Å². The first-order valence-corrected chi connectivity index (χ1v) is 4.60. The summed E-state index contributed by atoms with van der Waals surface area (Å²) in [5.41, 5.74) is 2.18. The molecule has 0 radical (unpaired) electrons. The molecule has 14 heavy (non-hydrogen) atoms. The van der Waals surface area contributed by atoms with E-state index < -0.39 is 0 Å². The number of rotatable bonds is 4. The fourth-order valence-electron chi connectivity index (χ4n) is 1.24.